The summed E-state index contributed by atoms with van der Waals surface area (Å²) in [6, 6.07) is 8.39. The summed E-state index contributed by atoms with van der Waals surface area (Å²) in [5.74, 6) is -1.10. The third-order valence-corrected chi connectivity index (χ3v) is 5.20. The third-order valence-electron chi connectivity index (χ3n) is 4.31. The summed E-state index contributed by atoms with van der Waals surface area (Å²) in [7, 11) is 0. The van der Waals surface area contributed by atoms with Gasteiger partial charge in [0, 0.05) is 12.1 Å². The van der Waals surface area contributed by atoms with Crippen molar-refractivity contribution in [3.63, 3.8) is 0 Å². The van der Waals surface area contributed by atoms with Crippen LogP contribution in [0.1, 0.15) is 30.8 Å². The maximum absolute atomic E-state index is 12.6. The largest absolute Gasteiger partial charge is 0.445 e. The number of aryl methyl sites for hydroxylation is 1. The lowest BCUT2D eigenvalue weighted by Crippen LogP contribution is -2.47. The predicted octanol–water partition coefficient (Wildman–Crippen LogP) is 3.15. The van der Waals surface area contributed by atoms with E-state index in [0.717, 1.165) is 11.6 Å². The molecule has 2 unspecified atom stereocenters. The van der Waals surface area contributed by atoms with Gasteiger partial charge >= 0.3 is 6.18 Å². The normalized spacial score (nSPS) is 13.9. The van der Waals surface area contributed by atoms with Crippen LogP contribution in [0.15, 0.2) is 42.5 Å². The molecule has 1 aromatic heterocycles. The van der Waals surface area contributed by atoms with Crippen LogP contribution in [0.5, 0.6) is 0 Å². The molecule has 4 N–H and O–H groups in total. The Morgan fingerprint density at radius 3 is 2.45 bits per heavy atom. The number of rotatable bonds is 9. The van der Waals surface area contributed by atoms with Crippen LogP contribution < -0.4 is 16.4 Å². The number of carbonyl (C=O) groups excluding carboxylic acids is 2. The average molecular weight is 456 g/mol. The number of benzene rings is 1. The molecular weight excluding hydrogens is 431 g/mol. The van der Waals surface area contributed by atoms with Gasteiger partial charge in [0.1, 0.15) is 0 Å². The van der Waals surface area contributed by atoms with E-state index in [1.54, 1.807) is 0 Å². The molecule has 2 amide bonds. The number of hydrogen-bond donors (Lipinski definition) is 3. The number of amides is 2. The van der Waals surface area contributed by atoms with Crippen molar-refractivity contribution >= 4 is 28.3 Å². The number of alkyl halides is 3. The summed E-state index contributed by atoms with van der Waals surface area (Å²) in [4.78, 5) is 24.4. The van der Waals surface area contributed by atoms with E-state index in [2.05, 4.69) is 20.8 Å². The highest BCUT2D eigenvalue weighted by molar-refractivity contribution is 7.15. The van der Waals surface area contributed by atoms with E-state index in [1.807, 2.05) is 44.2 Å². The number of hydrogen-bond acceptors (Lipinski definition) is 6. The Kier molecular flexibility index (Phi) is 8.69. The lowest BCUT2D eigenvalue weighted by atomic mass is 10.0. The molecule has 0 aliphatic heterocycles. The van der Waals surface area contributed by atoms with E-state index in [0.29, 0.717) is 12.8 Å². The van der Waals surface area contributed by atoms with Gasteiger partial charge in [-0.1, -0.05) is 61.6 Å². The fourth-order valence-electron chi connectivity index (χ4n) is 2.50. The van der Waals surface area contributed by atoms with Gasteiger partial charge in [-0.2, -0.15) is 13.2 Å². The standard InChI is InChI=1S/C20H24F3N5O2S/c1-12(2)16(24)17(30)25-14(9-8-13-6-4-3-5-7-13)10-11-15(29)26-19-28-27-18(31-19)20(21,22)23/h3-7,10-12,14,16H,8-9,24H2,1-2H3,(H,25,30)(H,26,28,29). The van der Waals surface area contributed by atoms with Crippen molar-refractivity contribution in [1.29, 1.82) is 0 Å². The van der Waals surface area contributed by atoms with E-state index >= 15 is 0 Å². The monoisotopic (exact) mass is 455 g/mol. The van der Waals surface area contributed by atoms with Crippen molar-refractivity contribution in [3.05, 3.63) is 53.1 Å². The smallest absolute Gasteiger partial charge is 0.349 e. The molecular formula is C20H24F3N5O2S. The van der Waals surface area contributed by atoms with Gasteiger partial charge in [0.2, 0.25) is 22.0 Å². The first-order valence-electron chi connectivity index (χ1n) is 9.56. The molecule has 0 saturated heterocycles. The zero-order chi connectivity index (χ0) is 23.0. The molecule has 0 spiro atoms. The second kappa shape index (κ2) is 11.0. The van der Waals surface area contributed by atoms with Crippen molar-refractivity contribution in [2.75, 3.05) is 5.32 Å². The molecule has 2 atom stereocenters. The first kappa shape index (κ1) is 24.5. The SMILES string of the molecule is CC(C)C(N)C(=O)NC(C=CC(=O)Nc1nnc(C(F)(F)F)s1)CCc1ccccc1. The topological polar surface area (TPSA) is 110 Å². The van der Waals surface area contributed by atoms with Gasteiger partial charge in [-0.15, -0.1) is 10.2 Å². The average Bonchev–Trinajstić information content (AvgIpc) is 3.19. The second-order valence-corrected chi connectivity index (χ2v) is 8.15. The summed E-state index contributed by atoms with van der Waals surface area (Å²) in [5, 5.41) is 9.95. The molecule has 11 heteroatoms. The Labute approximate surface area is 181 Å². The summed E-state index contributed by atoms with van der Waals surface area (Å²) >= 11 is 0.228. The highest BCUT2D eigenvalue weighted by atomic mass is 32.1. The minimum absolute atomic E-state index is 0.0673. The van der Waals surface area contributed by atoms with Crippen molar-refractivity contribution < 1.29 is 22.8 Å². The number of anilines is 1. The quantitative estimate of drug-likeness (QED) is 0.503. The number of carbonyl (C=O) groups is 2. The number of halogens is 3. The fourth-order valence-corrected chi connectivity index (χ4v) is 3.12. The summed E-state index contributed by atoms with van der Waals surface area (Å²) in [5.41, 5.74) is 6.95. The van der Waals surface area contributed by atoms with Gasteiger partial charge in [-0.25, -0.2) is 0 Å². The van der Waals surface area contributed by atoms with Gasteiger partial charge < -0.3 is 11.1 Å². The summed E-state index contributed by atoms with van der Waals surface area (Å²) in [6.45, 7) is 3.65. The minimum atomic E-state index is -4.63. The first-order chi connectivity index (χ1) is 14.6. The zero-order valence-electron chi connectivity index (χ0n) is 17.0. The second-order valence-electron chi connectivity index (χ2n) is 7.17. The molecule has 31 heavy (non-hydrogen) atoms. The highest BCUT2D eigenvalue weighted by Gasteiger charge is 2.35. The number of nitrogens with zero attached hydrogens (tertiary/aromatic N) is 2. The van der Waals surface area contributed by atoms with Crippen LogP contribution in [0.2, 0.25) is 0 Å². The van der Waals surface area contributed by atoms with Crippen molar-refractivity contribution in [1.82, 2.24) is 15.5 Å². The van der Waals surface area contributed by atoms with Gasteiger partial charge in [0.05, 0.1) is 6.04 Å². The summed E-state index contributed by atoms with van der Waals surface area (Å²) < 4.78 is 37.8. The number of aromatic nitrogens is 2. The van der Waals surface area contributed by atoms with Gasteiger partial charge in [0.15, 0.2) is 0 Å². The third kappa shape index (κ3) is 8.10. The molecule has 0 radical (unpaired) electrons. The zero-order valence-corrected chi connectivity index (χ0v) is 17.8. The highest BCUT2D eigenvalue weighted by Crippen LogP contribution is 2.32. The Hall–Kier alpha value is -2.79. The molecule has 2 rings (SSSR count). The number of nitrogens with two attached hydrogens (primary N) is 1. The molecule has 0 aliphatic carbocycles. The van der Waals surface area contributed by atoms with Crippen molar-refractivity contribution in [2.45, 2.75) is 44.9 Å². The van der Waals surface area contributed by atoms with Gasteiger partial charge in [-0.3, -0.25) is 14.9 Å². The fraction of sp³-hybridized carbons (Fsp3) is 0.400. The van der Waals surface area contributed by atoms with Gasteiger partial charge in [-0.05, 0) is 24.3 Å². The Morgan fingerprint density at radius 2 is 1.87 bits per heavy atom. The van der Waals surface area contributed by atoms with Crippen molar-refractivity contribution in [2.24, 2.45) is 11.7 Å². The van der Waals surface area contributed by atoms with Crippen molar-refractivity contribution in [3.8, 4) is 0 Å². The van der Waals surface area contributed by atoms with E-state index in [-0.39, 0.29) is 28.3 Å². The molecule has 7 nitrogen and oxygen atoms in total. The molecule has 0 saturated carbocycles. The molecule has 2 aromatic rings. The van der Waals surface area contributed by atoms with E-state index < -0.39 is 29.2 Å². The number of nitrogens with one attached hydrogen (secondary N) is 2. The van der Waals surface area contributed by atoms with E-state index in [4.69, 9.17) is 5.73 Å². The van der Waals surface area contributed by atoms with E-state index in [9.17, 15) is 22.8 Å². The van der Waals surface area contributed by atoms with Crippen LogP contribution in [0.25, 0.3) is 0 Å². The lowest BCUT2D eigenvalue weighted by Gasteiger charge is -2.20. The molecule has 1 aromatic carbocycles. The maximum atomic E-state index is 12.6. The van der Waals surface area contributed by atoms with Crippen LogP contribution in [0, 0.1) is 5.92 Å². The molecule has 1 heterocycles. The summed E-state index contributed by atoms with van der Waals surface area (Å²) in [6.07, 6.45) is -0.861. The minimum Gasteiger partial charge on any atom is -0.349 e. The Bertz CT molecular complexity index is 900. The molecule has 0 bridgehead atoms. The van der Waals surface area contributed by atoms with Gasteiger partial charge in [0.25, 0.3) is 0 Å². The molecule has 0 fully saturated rings. The van der Waals surface area contributed by atoms with Crippen LogP contribution >= 0.6 is 11.3 Å². The molecule has 0 aliphatic rings. The van der Waals surface area contributed by atoms with Crippen LogP contribution in [0.3, 0.4) is 0 Å². The Balaban J connectivity index is 2.03. The maximum Gasteiger partial charge on any atom is 0.445 e. The molecule has 168 valence electrons. The van der Waals surface area contributed by atoms with Crippen LogP contribution in [-0.2, 0) is 22.2 Å². The van der Waals surface area contributed by atoms with Crippen LogP contribution in [0.4, 0.5) is 18.3 Å². The Morgan fingerprint density at radius 1 is 1.19 bits per heavy atom. The van der Waals surface area contributed by atoms with E-state index in [1.165, 1.54) is 6.08 Å². The lowest BCUT2D eigenvalue weighted by molar-refractivity contribution is -0.138. The van der Waals surface area contributed by atoms with Crippen LogP contribution in [-0.4, -0.2) is 34.1 Å². The first-order valence-corrected chi connectivity index (χ1v) is 10.4. The predicted molar refractivity (Wildman–Crippen MR) is 112 cm³/mol.